The van der Waals surface area contributed by atoms with Crippen molar-refractivity contribution in [1.82, 2.24) is 15.1 Å². The van der Waals surface area contributed by atoms with Gasteiger partial charge in [-0.2, -0.15) is 0 Å². The summed E-state index contributed by atoms with van der Waals surface area (Å²) in [6.07, 6.45) is 1.32. The Morgan fingerprint density at radius 3 is 2.68 bits per heavy atom. The summed E-state index contributed by atoms with van der Waals surface area (Å²) < 4.78 is 5.36. The molecular formula is C18H28N4O2S. The molecule has 1 saturated heterocycles. The van der Waals surface area contributed by atoms with Crippen LogP contribution < -0.4 is 11.1 Å². The Balaban J connectivity index is 1.76. The van der Waals surface area contributed by atoms with Crippen LogP contribution in [0.1, 0.15) is 18.4 Å². The summed E-state index contributed by atoms with van der Waals surface area (Å²) in [4.78, 5) is 15.5. The highest BCUT2D eigenvalue weighted by molar-refractivity contribution is 7.80. The van der Waals surface area contributed by atoms with E-state index in [1.807, 2.05) is 23.1 Å². The van der Waals surface area contributed by atoms with E-state index >= 15 is 0 Å². The highest BCUT2D eigenvalue weighted by Gasteiger charge is 2.12. The van der Waals surface area contributed by atoms with Gasteiger partial charge in [0.05, 0.1) is 13.2 Å². The second-order valence-electron chi connectivity index (χ2n) is 6.16. The van der Waals surface area contributed by atoms with Crippen molar-refractivity contribution >= 4 is 23.2 Å². The maximum atomic E-state index is 11.1. The molecule has 1 aliphatic heterocycles. The Hall–Kier alpha value is -1.70. The predicted octanol–water partition coefficient (Wildman–Crippen LogP) is 0.961. The van der Waals surface area contributed by atoms with Gasteiger partial charge in [-0.15, -0.1) is 0 Å². The summed E-state index contributed by atoms with van der Waals surface area (Å²) in [5.74, 6) is -0.312. The molecule has 1 aromatic rings. The molecular weight excluding hydrogens is 336 g/mol. The maximum Gasteiger partial charge on any atom is 0.219 e. The number of amides is 1. The van der Waals surface area contributed by atoms with Crippen molar-refractivity contribution < 1.29 is 9.53 Å². The van der Waals surface area contributed by atoms with Gasteiger partial charge in [0.2, 0.25) is 5.91 Å². The number of carbonyl (C=O) groups is 1. The average molecular weight is 365 g/mol. The van der Waals surface area contributed by atoms with Crippen molar-refractivity contribution in [3.63, 3.8) is 0 Å². The third-order valence-electron chi connectivity index (χ3n) is 4.16. The largest absolute Gasteiger partial charge is 0.379 e. The fraction of sp³-hybridized carbons (Fsp3) is 0.556. The molecule has 0 radical (unpaired) electrons. The van der Waals surface area contributed by atoms with Gasteiger partial charge in [0.1, 0.15) is 0 Å². The summed E-state index contributed by atoms with van der Waals surface area (Å²) in [6.45, 7) is 6.71. The molecule has 1 amide bonds. The van der Waals surface area contributed by atoms with Gasteiger partial charge in [0.15, 0.2) is 5.11 Å². The van der Waals surface area contributed by atoms with E-state index < -0.39 is 0 Å². The second kappa shape index (κ2) is 11.0. The Morgan fingerprint density at radius 1 is 1.28 bits per heavy atom. The first kappa shape index (κ1) is 19.6. The van der Waals surface area contributed by atoms with Crippen molar-refractivity contribution in [3.05, 3.63) is 35.9 Å². The van der Waals surface area contributed by atoms with Gasteiger partial charge >= 0.3 is 0 Å². The van der Waals surface area contributed by atoms with Gasteiger partial charge in [0, 0.05) is 39.1 Å². The molecule has 0 aliphatic carbocycles. The Kier molecular flexibility index (Phi) is 8.65. The van der Waals surface area contributed by atoms with E-state index in [4.69, 9.17) is 22.7 Å². The van der Waals surface area contributed by atoms with Gasteiger partial charge < -0.3 is 20.7 Å². The van der Waals surface area contributed by atoms with E-state index in [1.54, 1.807) is 0 Å². The summed E-state index contributed by atoms with van der Waals surface area (Å²) >= 11 is 5.53. The van der Waals surface area contributed by atoms with Crippen molar-refractivity contribution in [1.29, 1.82) is 0 Å². The van der Waals surface area contributed by atoms with E-state index in [2.05, 4.69) is 22.3 Å². The number of hydrogen-bond donors (Lipinski definition) is 2. The number of morpholine rings is 1. The van der Waals surface area contributed by atoms with Crippen LogP contribution in [0.4, 0.5) is 0 Å². The topological polar surface area (TPSA) is 70.8 Å². The lowest BCUT2D eigenvalue weighted by molar-refractivity contribution is -0.118. The van der Waals surface area contributed by atoms with Gasteiger partial charge in [-0.3, -0.25) is 9.69 Å². The van der Waals surface area contributed by atoms with E-state index in [-0.39, 0.29) is 5.91 Å². The molecule has 25 heavy (non-hydrogen) atoms. The molecule has 0 unspecified atom stereocenters. The number of ether oxygens (including phenoxy) is 1. The van der Waals surface area contributed by atoms with E-state index in [0.717, 1.165) is 51.4 Å². The molecule has 0 saturated carbocycles. The quantitative estimate of drug-likeness (QED) is 0.502. The van der Waals surface area contributed by atoms with Crippen LogP contribution in [-0.2, 0) is 16.1 Å². The SMILES string of the molecule is NC(=O)CCN(Cc1ccccc1)C(=S)NCCCN1CCOCC1. The molecule has 0 atom stereocenters. The summed E-state index contributed by atoms with van der Waals surface area (Å²) in [6, 6.07) is 10.1. The van der Waals surface area contributed by atoms with Crippen LogP contribution in [0.25, 0.3) is 0 Å². The monoisotopic (exact) mass is 364 g/mol. The molecule has 1 heterocycles. The maximum absolute atomic E-state index is 11.1. The van der Waals surface area contributed by atoms with Crippen LogP contribution in [0, 0.1) is 0 Å². The Labute approximate surface area is 155 Å². The summed E-state index contributed by atoms with van der Waals surface area (Å²) in [5.41, 5.74) is 6.45. The first-order valence-corrected chi connectivity index (χ1v) is 9.21. The number of rotatable bonds is 9. The molecule has 0 aromatic heterocycles. The van der Waals surface area contributed by atoms with Crippen LogP contribution in [0.2, 0.25) is 0 Å². The van der Waals surface area contributed by atoms with E-state index in [1.165, 1.54) is 0 Å². The van der Waals surface area contributed by atoms with Crippen molar-refractivity contribution in [3.8, 4) is 0 Å². The minimum Gasteiger partial charge on any atom is -0.379 e. The lowest BCUT2D eigenvalue weighted by Crippen LogP contribution is -2.42. The number of nitrogens with two attached hydrogens (primary N) is 1. The number of benzene rings is 1. The standard InChI is InChI=1S/C18H28N4O2S/c19-17(23)7-10-22(15-16-5-2-1-3-6-16)18(25)20-8-4-9-21-11-13-24-14-12-21/h1-3,5-6H,4,7-15H2,(H2,19,23)(H,20,25). The lowest BCUT2D eigenvalue weighted by Gasteiger charge is -2.28. The zero-order chi connectivity index (χ0) is 17.9. The molecule has 6 nitrogen and oxygen atoms in total. The molecule has 0 bridgehead atoms. The fourth-order valence-corrected chi connectivity index (χ4v) is 2.99. The Morgan fingerprint density at radius 2 is 2.00 bits per heavy atom. The van der Waals surface area contributed by atoms with Crippen molar-refractivity contribution in [2.75, 3.05) is 45.9 Å². The Bertz CT molecular complexity index is 535. The number of nitrogens with zero attached hydrogens (tertiary/aromatic N) is 2. The molecule has 0 spiro atoms. The van der Waals surface area contributed by atoms with Gasteiger partial charge in [-0.25, -0.2) is 0 Å². The molecule has 3 N–H and O–H groups in total. The highest BCUT2D eigenvalue weighted by atomic mass is 32.1. The molecule has 138 valence electrons. The minimum atomic E-state index is -0.312. The smallest absolute Gasteiger partial charge is 0.219 e. The van der Waals surface area contributed by atoms with E-state index in [0.29, 0.717) is 24.6 Å². The minimum absolute atomic E-state index is 0.294. The molecule has 7 heteroatoms. The van der Waals surface area contributed by atoms with Gasteiger partial charge in [0.25, 0.3) is 0 Å². The average Bonchev–Trinajstić information content (AvgIpc) is 2.63. The third kappa shape index (κ3) is 7.81. The zero-order valence-corrected chi connectivity index (χ0v) is 15.5. The number of nitrogens with one attached hydrogen (secondary N) is 1. The number of primary amides is 1. The van der Waals surface area contributed by atoms with Crippen molar-refractivity contribution in [2.24, 2.45) is 5.73 Å². The molecule has 1 aromatic carbocycles. The third-order valence-corrected chi connectivity index (χ3v) is 4.57. The van der Waals surface area contributed by atoms with Crippen LogP contribution in [0.15, 0.2) is 30.3 Å². The highest BCUT2D eigenvalue weighted by Crippen LogP contribution is 2.06. The van der Waals surface area contributed by atoms with Crippen LogP contribution in [0.3, 0.4) is 0 Å². The first-order chi connectivity index (χ1) is 12.1. The van der Waals surface area contributed by atoms with Crippen LogP contribution >= 0.6 is 12.2 Å². The predicted molar refractivity (Wildman–Crippen MR) is 103 cm³/mol. The van der Waals surface area contributed by atoms with Crippen molar-refractivity contribution in [2.45, 2.75) is 19.4 Å². The second-order valence-corrected chi connectivity index (χ2v) is 6.55. The summed E-state index contributed by atoms with van der Waals surface area (Å²) in [5, 5.41) is 3.99. The van der Waals surface area contributed by atoms with Crippen LogP contribution in [-0.4, -0.2) is 66.8 Å². The lowest BCUT2D eigenvalue weighted by atomic mass is 10.2. The molecule has 1 aliphatic rings. The molecule has 2 rings (SSSR count). The first-order valence-electron chi connectivity index (χ1n) is 8.80. The summed E-state index contributed by atoms with van der Waals surface area (Å²) in [7, 11) is 0. The zero-order valence-electron chi connectivity index (χ0n) is 14.7. The van der Waals surface area contributed by atoms with Crippen LogP contribution in [0.5, 0.6) is 0 Å². The van der Waals surface area contributed by atoms with Gasteiger partial charge in [-0.1, -0.05) is 30.3 Å². The van der Waals surface area contributed by atoms with E-state index in [9.17, 15) is 4.79 Å². The number of hydrogen-bond acceptors (Lipinski definition) is 4. The normalized spacial score (nSPS) is 14.9. The molecule has 1 fully saturated rings. The number of thiocarbonyl (C=S) groups is 1. The number of carbonyl (C=O) groups excluding carboxylic acids is 1. The van der Waals surface area contributed by atoms with Gasteiger partial charge in [-0.05, 0) is 30.7 Å². The fourth-order valence-electron chi connectivity index (χ4n) is 2.74.